The summed E-state index contributed by atoms with van der Waals surface area (Å²) in [4.78, 5) is 27.1. The molecule has 1 N–H and O–H groups in total. The van der Waals surface area contributed by atoms with E-state index in [2.05, 4.69) is 9.72 Å². The summed E-state index contributed by atoms with van der Waals surface area (Å²) in [5.74, 6) is -0.903. The average molecular weight is 387 g/mol. The number of benzene rings is 2. The molecule has 0 bridgehead atoms. The lowest BCUT2D eigenvalue weighted by Gasteiger charge is -2.06. The fourth-order valence-electron chi connectivity index (χ4n) is 2.89. The van der Waals surface area contributed by atoms with Crippen LogP contribution in [-0.2, 0) is 16.0 Å². The molecule has 28 heavy (non-hydrogen) atoms. The molecule has 146 valence electrons. The number of para-hydroxylation sites is 1. The zero-order chi connectivity index (χ0) is 19.9. The number of ketones is 1. The van der Waals surface area contributed by atoms with Gasteiger partial charge in [0.25, 0.3) is 0 Å². The molecule has 0 aliphatic carbocycles. The van der Waals surface area contributed by atoms with Crippen LogP contribution in [-0.4, -0.2) is 30.0 Å². The Kier molecular flexibility index (Phi) is 6.37. The summed E-state index contributed by atoms with van der Waals surface area (Å²) in [5.41, 5.74) is 2.44. The monoisotopic (exact) mass is 387 g/mol. The Bertz CT molecular complexity index is 950. The standard InChI is InChI=1S/C21H19F2NO4/c22-21(23)28-16-10-8-14(9-11-16)19(25)13-27-20(26)7-3-4-15-12-24-18-6-2-1-5-17(15)18/h1-2,5-6,8-12,21,24H,3-4,7,13H2. The first-order valence-corrected chi connectivity index (χ1v) is 8.81. The number of rotatable bonds is 9. The van der Waals surface area contributed by atoms with Gasteiger partial charge in [0.1, 0.15) is 5.75 Å². The normalized spacial score (nSPS) is 11.0. The molecule has 0 radical (unpaired) electrons. The van der Waals surface area contributed by atoms with Crippen LogP contribution in [0, 0.1) is 0 Å². The summed E-state index contributed by atoms with van der Waals surface area (Å²) < 4.78 is 33.4. The number of carbonyl (C=O) groups is 2. The van der Waals surface area contributed by atoms with Crippen LogP contribution >= 0.6 is 0 Å². The van der Waals surface area contributed by atoms with Gasteiger partial charge < -0.3 is 14.5 Å². The lowest BCUT2D eigenvalue weighted by atomic mass is 10.1. The number of Topliss-reactive ketones (excluding diaryl/α,β-unsaturated/α-hetero) is 1. The molecule has 0 saturated heterocycles. The van der Waals surface area contributed by atoms with Gasteiger partial charge in [-0.2, -0.15) is 8.78 Å². The Hall–Kier alpha value is -3.22. The van der Waals surface area contributed by atoms with E-state index in [0.717, 1.165) is 22.9 Å². The number of hydrogen-bond donors (Lipinski definition) is 1. The maximum atomic E-state index is 12.1. The number of fused-ring (bicyclic) bond motifs is 1. The van der Waals surface area contributed by atoms with E-state index in [1.807, 2.05) is 30.5 Å². The fraction of sp³-hybridized carbons (Fsp3) is 0.238. The Morgan fingerprint density at radius 1 is 1.04 bits per heavy atom. The molecule has 0 unspecified atom stereocenters. The van der Waals surface area contributed by atoms with Gasteiger partial charge >= 0.3 is 12.6 Å². The van der Waals surface area contributed by atoms with Crippen molar-refractivity contribution < 1.29 is 27.8 Å². The number of hydrogen-bond acceptors (Lipinski definition) is 4. The van der Waals surface area contributed by atoms with Gasteiger partial charge in [-0.15, -0.1) is 0 Å². The molecular weight excluding hydrogens is 368 g/mol. The van der Waals surface area contributed by atoms with Crippen LogP contribution < -0.4 is 4.74 Å². The number of aromatic nitrogens is 1. The quantitative estimate of drug-likeness (QED) is 0.433. The zero-order valence-electron chi connectivity index (χ0n) is 15.0. The zero-order valence-corrected chi connectivity index (χ0v) is 15.0. The average Bonchev–Trinajstić information content (AvgIpc) is 3.09. The summed E-state index contributed by atoms with van der Waals surface area (Å²) in [6.07, 6.45) is 3.46. The number of nitrogens with one attached hydrogen (secondary N) is 1. The summed E-state index contributed by atoms with van der Waals surface area (Å²) >= 11 is 0. The highest BCUT2D eigenvalue weighted by molar-refractivity contribution is 5.98. The molecular formula is C21H19F2NO4. The highest BCUT2D eigenvalue weighted by Gasteiger charge is 2.12. The van der Waals surface area contributed by atoms with Crippen molar-refractivity contribution in [3.63, 3.8) is 0 Å². The van der Waals surface area contributed by atoms with Crippen LogP contribution in [0.5, 0.6) is 5.75 Å². The lowest BCUT2D eigenvalue weighted by molar-refractivity contribution is -0.142. The van der Waals surface area contributed by atoms with Gasteiger partial charge in [0, 0.05) is 29.1 Å². The minimum Gasteiger partial charge on any atom is -0.457 e. The van der Waals surface area contributed by atoms with Crippen LogP contribution in [0.1, 0.15) is 28.8 Å². The highest BCUT2D eigenvalue weighted by Crippen LogP contribution is 2.19. The maximum absolute atomic E-state index is 12.1. The SMILES string of the molecule is O=C(CCCc1c[nH]c2ccccc12)OCC(=O)c1ccc(OC(F)F)cc1. The molecule has 0 amide bonds. The van der Waals surface area contributed by atoms with Crippen molar-refractivity contribution in [1.82, 2.24) is 4.98 Å². The number of esters is 1. The molecule has 1 aromatic heterocycles. The maximum Gasteiger partial charge on any atom is 0.387 e. The van der Waals surface area contributed by atoms with Gasteiger partial charge in [0.2, 0.25) is 0 Å². The fourth-order valence-corrected chi connectivity index (χ4v) is 2.89. The predicted octanol–water partition coefficient (Wildman–Crippen LogP) is 4.52. The summed E-state index contributed by atoms with van der Waals surface area (Å²) in [5, 5.41) is 1.13. The minimum atomic E-state index is -2.92. The van der Waals surface area contributed by atoms with E-state index in [1.54, 1.807) is 0 Å². The molecule has 0 fully saturated rings. The first-order valence-electron chi connectivity index (χ1n) is 8.81. The van der Waals surface area contributed by atoms with Gasteiger partial charge in [-0.25, -0.2) is 0 Å². The third kappa shape index (κ3) is 5.16. The van der Waals surface area contributed by atoms with E-state index in [4.69, 9.17) is 4.74 Å². The van der Waals surface area contributed by atoms with E-state index in [0.29, 0.717) is 6.42 Å². The number of H-pyrrole nitrogens is 1. The van der Waals surface area contributed by atoms with Crippen LogP contribution in [0.25, 0.3) is 10.9 Å². The number of halogens is 2. The van der Waals surface area contributed by atoms with Crippen LogP contribution in [0.4, 0.5) is 8.78 Å². The predicted molar refractivity (Wildman–Crippen MR) is 99.6 cm³/mol. The number of carbonyl (C=O) groups excluding carboxylic acids is 2. The molecule has 0 aliphatic rings. The van der Waals surface area contributed by atoms with Crippen molar-refractivity contribution in [3.05, 3.63) is 65.9 Å². The van der Waals surface area contributed by atoms with Crippen molar-refractivity contribution in [2.45, 2.75) is 25.9 Å². The van der Waals surface area contributed by atoms with E-state index < -0.39 is 18.4 Å². The Morgan fingerprint density at radius 3 is 2.54 bits per heavy atom. The minimum absolute atomic E-state index is 0.0409. The van der Waals surface area contributed by atoms with Crippen molar-refractivity contribution in [2.24, 2.45) is 0 Å². The van der Waals surface area contributed by atoms with E-state index in [9.17, 15) is 18.4 Å². The molecule has 5 nitrogen and oxygen atoms in total. The molecule has 0 atom stereocenters. The second-order valence-electron chi connectivity index (χ2n) is 6.20. The Morgan fingerprint density at radius 2 is 1.79 bits per heavy atom. The molecule has 7 heteroatoms. The second-order valence-corrected chi connectivity index (χ2v) is 6.20. The largest absolute Gasteiger partial charge is 0.457 e. The molecule has 3 aromatic rings. The molecule has 1 heterocycles. The van der Waals surface area contributed by atoms with Gasteiger partial charge in [0.15, 0.2) is 12.4 Å². The summed E-state index contributed by atoms with van der Waals surface area (Å²) in [6.45, 7) is -3.31. The highest BCUT2D eigenvalue weighted by atomic mass is 19.3. The number of ether oxygens (including phenoxy) is 2. The van der Waals surface area contributed by atoms with E-state index in [1.165, 1.54) is 24.3 Å². The summed E-state index contributed by atoms with van der Waals surface area (Å²) in [6, 6.07) is 13.2. The molecule has 3 rings (SSSR count). The van der Waals surface area contributed by atoms with Crippen LogP contribution in [0.3, 0.4) is 0 Å². The molecule has 2 aromatic carbocycles. The number of aryl methyl sites for hydroxylation is 1. The van der Waals surface area contributed by atoms with Crippen molar-refractivity contribution in [2.75, 3.05) is 6.61 Å². The van der Waals surface area contributed by atoms with Crippen molar-refractivity contribution >= 4 is 22.7 Å². The summed E-state index contributed by atoms with van der Waals surface area (Å²) in [7, 11) is 0. The van der Waals surface area contributed by atoms with Crippen LogP contribution in [0.15, 0.2) is 54.7 Å². The Labute approximate surface area is 160 Å². The van der Waals surface area contributed by atoms with E-state index in [-0.39, 0.29) is 24.3 Å². The lowest BCUT2D eigenvalue weighted by Crippen LogP contribution is -2.14. The van der Waals surface area contributed by atoms with Crippen LogP contribution in [0.2, 0.25) is 0 Å². The number of aromatic amines is 1. The van der Waals surface area contributed by atoms with Gasteiger partial charge in [-0.3, -0.25) is 9.59 Å². The first kappa shape index (κ1) is 19.5. The Balaban J connectivity index is 1.42. The van der Waals surface area contributed by atoms with Gasteiger partial charge in [-0.1, -0.05) is 18.2 Å². The smallest absolute Gasteiger partial charge is 0.387 e. The topological polar surface area (TPSA) is 68.4 Å². The van der Waals surface area contributed by atoms with Gasteiger partial charge in [0.05, 0.1) is 0 Å². The second kappa shape index (κ2) is 9.12. The molecule has 0 spiro atoms. The van der Waals surface area contributed by atoms with E-state index >= 15 is 0 Å². The number of alkyl halides is 2. The molecule has 0 aliphatic heterocycles. The molecule has 0 saturated carbocycles. The van der Waals surface area contributed by atoms with Gasteiger partial charge in [-0.05, 0) is 48.7 Å². The first-order chi connectivity index (χ1) is 13.5. The third-order valence-corrected chi connectivity index (χ3v) is 4.27. The third-order valence-electron chi connectivity index (χ3n) is 4.27. The van der Waals surface area contributed by atoms with Crippen molar-refractivity contribution in [1.29, 1.82) is 0 Å². The van der Waals surface area contributed by atoms with Crippen molar-refractivity contribution in [3.8, 4) is 5.75 Å².